The maximum atomic E-state index is 13.4. The topological polar surface area (TPSA) is 161 Å². The van der Waals surface area contributed by atoms with Gasteiger partial charge in [0.1, 0.15) is 13.2 Å². The van der Waals surface area contributed by atoms with E-state index in [0.29, 0.717) is 10.2 Å². The Morgan fingerprint density at radius 1 is 0.927 bits per heavy atom. The molecule has 0 atom stereocenters. The van der Waals surface area contributed by atoms with Gasteiger partial charge in [0.25, 0.3) is 15.9 Å². The molecule has 2 aromatic carbocycles. The number of nitrogens with one attached hydrogen (secondary N) is 1. The summed E-state index contributed by atoms with van der Waals surface area (Å²) in [5.74, 6) is -0.0657. The molecule has 0 aliphatic heterocycles. The van der Waals surface area contributed by atoms with Crippen LogP contribution >= 0.6 is 15.9 Å². The summed E-state index contributed by atoms with van der Waals surface area (Å²) in [4.78, 5) is 16.3. The van der Waals surface area contributed by atoms with Gasteiger partial charge < -0.3 is 24.7 Å². The molecule has 0 aliphatic rings. The van der Waals surface area contributed by atoms with E-state index in [2.05, 4.69) is 40.6 Å². The third kappa shape index (κ3) is 7.73. The molecule has 14 heteroatoms. The minimum Gasteiger partial charge on any atom is -0.493 e. The van der Waals surface area contributed by atoms with Crippen LogP contribution in [0.3, 0.4) is 0 Å². The van der Waals surface area contributed by atoms with Gasteiger partial charge in [0.15, 0.2) is 17.3 Å². The van der Waals surface area contributed by atoms with Crippen LogP contribution < -0.4 is 29.4 Å². The minimum absolute atomic E-state index is 0.0243. The van der Waals surface area contributed by atoms with Gasteiger partial charge in [0, 0.05) is 12.4 Å². The summed E-state index contributed by atoms with van der Waals surface area (Å²) in [5, 5.41) is 0. The third-order valence-electron chi connectivity index (χ3n) is 5.54. The molecule has 0 amide bonds. The second-order valence-corrected chi connectivity index (χ2v) is 12.2. The van der Waals surface area contributed by atoms with Gasteiger partial charge in [-0.2, -0.15) is 9.97 Å². The Bertz CT molecular complexity index is 1600. The Balaban J connectivity index is 1.64. The molecule has 216 valence electrons. The van der Waals surface area contributed by atoms with Gasteiger partial charge >= 0.3 is 6.01 Å². The number of nitrogen functional groups attached to an aromatic ring is 1. The quantitative estimate of drug-likeness (QED) is 0.212. The van der Waals surface area contributed by atoms with Crippen molar-refractivity contribution in [2.24, 2.45) is 0 Å². The van der Waals surface area contributed by atoms with Crippen molar-refractivity contribution in [1.29, 1.82) is 0 Å². The number of hydrogen-bond acceptors (Lipinski definition) is 11. The van der Waals surface area contributed by atoms with Gasteiger partial charge in [-0.05, 0) is 51.2 Å². The van der Waals surface area contributed by atoms with Crippen LogP contribution in [0.1, 0.15) is 26.3 Å². The Hall–Kier alpha value is -4.17. The van der Waals surface area contributed by atoms with Crippen molar-refractivity contribution in [3.05, 3.63) is 71.0 Å². The highest BCUT2D eigenvalue weighted by molar-refractivity contribution is 9.10. The van der Waals surface area contributed by atoms with Crippen LogP contribution in [0.5, 0.6) is 29.1 Å². The Kier molecular flexibility index (Phi) is 9.13. The maximum absolute atomic E-state index is 13.4. The Morgan fingerprint density at radius 3 is 2.20 bits per heavy atom. The molecule has 3 N–H and O–H groups in total. The van der Waals surface area contributed by atoms with Crippen LogP contribution in [0.4, 0.5) is 11.8 Å². The number of rotatable bonds is 11. The molecule has 4 aromatic rings. The molecule has 0 fully saturated rings. The first-order chi connectivity index (χ1) is 19.5. The van der Waals surface area contributed by atoms with Crippen molar-refractivity contribution in [3.8, 4) is 29.1 Å². The number of halogens is 1. The van der Waals surface area contributed by atoms with Crippen LogP contribution in [-0.4, -0.2) is 48.7 Å². The molecule has 0 saturated carbocycles. The van der Waals surface area contributed by atoms with Crippen molar-refractivity contribution in [2.75, 3.05) is 30.8 Å². The molecule has 0 saturated heterocycles. The first-order valence-electron chi connectivity index (χ1n) is 12.3. The predicted molar refractivity (Wildman–Crippen MR) is 156 cm³/mol. The second-order valence-electron chi connectivity index (χ2n) is 9.58. The van der Waals surface area contributed by atoms with Crippen molar-refractivity contribution < 1.29 is 27.4 Å². The fourth-order valence-electron chi connectivity index (χ4n) is 3.49. The highest BCUT2D eigenvalue weighted by atomic mass is 79.9. The molecule has 0 spiro atoms. The van der Waals surface area contributed by atoms with Crippen molar-refractivity contribution in [2.45, 2.75) is 31.1 Å². The molecule has 0 aliphatic carbocycles. The third-order valence-corrected chi connectivity index (χ3v) is 7.31. The number of hydrogen-bond donors (Lipinski definition) is 2. The van der Waals surface area contributed by atoms with Gasteiger partial charge in [-0.15, -0.1) is 0 Å². The van der Waals surface area contributed by atoms with Crippen LogP contribution in [0.15, 0.2) is 70.3 Å². The average molecular weight is 646 g/mol. The summed E-state index contributed by atoms with van der Waals surface area (Å²) in [5.41, 5.74) is 6.77. The Labute approximate surface area is 246 Å². The van der Waals surface area contributed by atoms with E-state index in [1.54, 1.807) is 48.8 Å². The second kappa shape index (κ2) is 12.6. The lowest BCUT2D eigenvalue weighted by atomic mass is 9.87. The zero-order valence-electron chi connectivity index (χ0n) is 22.8. The van der Waals surface area contributed by atoms with Gasteiger partial charge in [-0.25, -0.2) is 18.4 Å². The molecule has 0 bridgehead atoms. The van der Waals surface area contributed by atoms with E-state index in [0.717, 1.165) is 5.56 Å². The molecule has 2 aromatic heterocycles. The van der Waals surface area contributed by atoms with E-state index < -0.39 is 10.0 Å². The monoisotopic (exact) mass is 644 g/mol. The Morgan fingerprint density at radius 2 is 1.56 bits per heavy atom. The summed E-state index contributed by atoms with van der Waals surface area (Å²) >= 11 is 3.26. The van der Waals surface area contributed by atoms with Gasteiger partial charge in [-0.1, -0.05) is 45.0 Å². The lowest BCUT2D eigenvalue weighted by molar-refractivity contribution is 0.197. The smallest absolute Gasteiger partial charge is 0.316 e. The number of anilines is 2. The molecule has 0 radical (unpaired) electrons. The molecule has 0 unspecified atom stereocenters. The highest BCUT2D eigenvalue weighted by Gasteiger charge is 2.25. The fourth-order valence-corrected chi connectivity index (χ4v) is 4.69. The first kappa shape index (κ1) is 29.8. The van der Waals surface area contributed by atoms with E-state index >= 15 is 0 Å². The largest absolute Gasteiger partial charge is 0.493 e. The molecular weight excluding hydrogens is 616 g/mol. The van der Waals surface area contributed by atoms with Crippen molar-refractivity contribution in [3.63, 3.8) is 0 Å². The standard InChI is InChI=1S/C27H29BrN6O6S/c1-27(2,3)17-9-11-19(12-10-17)41(35,36)34-23-22(40-21-8-6-5-7-20(21)37-4)24(33-25(29)32-23)38-13-14-39-26-30-15-18(28)16-31-26/h5-12,15-16H,13-14H2,1-4H3,(H3,29,32,33,34). The number of sulfonamides is 1. The fraction of sp³-hybridized carbons (Fsp3) is 0.259. The van der Waals surface area contributed by atoms with Crippen LogP contribution in [0.2, 0.25) is 0 Å². The van der Waals surface area contributed by atoms with Crippen LogP contribution in [-0.2, 0) is 15.4 Å². The van der Waals surface area contributed by atoms with Crippen molar-refractivity contribution in [1.82, 2.24) is 19.9 Å². The van der Waals surface area contributed by atoms with E-state index in [-0.39, 0.29) is 58.7 Å². The number of ether oxygens (including phenoxy) is 4. The summed E-state index contributed by atoms with van der Waals surface area (Å²) in [7, 11) is -2.63. The average Bonchev–Trinajstić information content (AvgIpc) is 2.93. The van der Waals surface area contributed by atoms with Gasteiger partial charge in [-0.3, -0.25) is 4.72 Å². The summed E-state index contributed by atoms with van der Waals surface area (Å²) in [6.07, 6.45) is 3.09. The van der Waals surface area contributed by atoms with E-state index in [9.17, 15) is 8.42 Å². The number of para-hydroxylation sites is 2. The first-order valence-corrected chi connectivity index (χ1v) is 14.6. The van der Waals surface area contributed by atoms with Crippen LogP contribution in [0.25, 0.3) is 0 Å². The maximum Gasteiger partial charge on any atom is 0.316 e. The lowest BCUT2D eigenvalue weighted by Gasteiger charge is -2.19. The molecule has 12 nitrogen and oxygen atoms in total. The van der Waals surface area contributed by atoms with E-state index in [1.807, 2.05) is 20.8 Å². The van der Waals surface area contributed by atoms with Gasteiger partial charge in [0.2, 0.25) is 11.7 Å². The van der Waals surface area contributed by atoms with E-state index in [1.165, 1.54) is 19.2 Å². The predicted octanol–water partition coefficient (Wildman–Crippen LogP) is 4.97. The lowest BCUT2D eigenvalue weighted by Crippen LogP contribution is -2.18. The highest BCUT2D eigenvalue weighted by Crippen LogP contribution is 2.41. The minimum atomic E-state index is -4.11. The molecule has 2 heterocycles. The van der Waals surface area contributed by atoms with Gasteiger partial charge in [0.05, 0.1) is 16.5 Å². The van der Waals surface area contributed by atoms with E-state index in [4.69, 9.17) is 24.7 Å². The normalized spacial score (nSPS) is 11.5. The number of benzene rings is 2. The summed E-state index contributed by atoms with van der Waals surface area (Å²) in [6, 6.07) is 13.5. The van der Waals surface area contributed by atoms with Crippen molar-refractivity contribution >= 4 is 37.7 Å². The molecule has 4 rings (SSSR count). The number of nitrogens with zero attached hydrogens (tertiary/aromatic N) is 4. The number of methoxy groups -OCH3 is 1. The van der Waals surface area contributed by atoms with Crippen LogP contribution in [0, 0.1) is 0 Å². The summed E-state index contributed by atoms with van der Waals surface area (Å²) < 4.78 is 52.7. The SMILES string of the molecule is COc1ccccc1Oc1c(NS(=O)(=O)c2ccc(C(C)(C)C)cc2)nc(N)nc1OCCOc1ncc(Br)cn1. The summed E-state index contributed by atoms with van der Waals surface area (Å²) in [6.45, 7) is 6.13. The zero-order chi connectivity index (χ0) is 29.6. The zero-order valence-corrected chi connectivity index (χ0v) is 25.2. The number of nitrogens with two attached hydrogens (primary N) is 1. The molecule has 41 heavy (non-hydrogen) atoms. The number of aromatic nitrogens is 4. The molecular formula is C27H29BrN6O6S.